The molecule has 18 heavy (non-hydrogen) atoms. The molecule has 1 aromatic heterocycles. The molecule has 0 saturated heterocycles. The number of carbonyl (C=O) groups excluding carboxylic acids is 1. The Morgan fingerprint density at radius 3 is 2.83 bits per heavy atom. The number of amides is 1. The number of nitrogen functional groups attached to an aromatic ring is 1. The molecule has 0 aliphatic rings. The normalized spacial score (nSPS) is 10.1. The molecule has 0 aliphatic heterocycles. The van der Waals surface area contributed by atoms with Crippen molar-refractivity contribution in [2.24, 2.45) is 5.84 Å². The van der Waals surface area contributed by atoms with E-state index in [0.717, 1.165) is 10.8 Å². The van der Waals surface area contributed by atoms with Gasteiger partial charge < -0.3 is 4.74 Å². The van der Waals surface area contributed by atoms with Gasteiger partial charge in [0, 0.05) is 0 Å². The smallest absolute Gasteiger partial charge is 0.277 e. The van der Waals surface area contributed by atoms with Crippen LogP contribution in [0.3, 0.4) is 0 Å². The number of nitrogens with one attached hydrogen (secondary N) is 1. The molecular weight excluding hydrogens is 250 g/mol. The van der Waals surface area contributed by atoms with Crippen LogP contribution in [0.25, 0.3) is 0 Å². The van der Waals surface area contributed by atoms with Crippen molar-refractivity contribution in [1.29, 1.82) is 0 Å². The third-order valence-corrected chi connectivity index (χ3v) is 3.41. The fraction of sp³-hybridized carbons (Fsp3) is 0.167. The van der Waals surface area contributed by atoms with Crippen molar-refractivity contribution in [2.75, 3.05) is 0 Å². The van der Waals surface area contributed by atoms with Gasteiger partial charge in [0.05, 0.1) is 5.69 Å². The van der Waals surface area contributed by atoms with Crippen molar-refractivity contribution >= 4 is 17.2 Å². The summed E-state index contributed by atoms with van der Waals surface area (Å²) in [7, 11) is 0. The number of rotatable bonds is 4. The van der Waals surface area contributed by atoms with E-state index >= 15 is 0 Å². The minimum atomic E-state index is -0.323. The molecule has 1 heterocycles. The van der Waals surface area contributed by atoms with Crippen molar-refractivity contribution in [1.82, 2.24) is 10.4 Å². The second kappa shape index (κ2) is 5.61. The number of aromatic nitrogens is 1. The SMILES string of the molecule is Cc1nc(COc2ccccc2)sc1C(=O)NN. The van der Waals surface area contributed by atoms with Crippen LogP contribution in [0.15, 0.2) is 30.3 Å². The van der Waals surface area contributed by atoms with Crippen LogP contribution < -0.4 is 16.0 Å². The van der Waals surface area contributed by atoms with E-state index in [2.05, 4.69) is 10.4 Å². The Morgan fingerprint density at radius 1 is 1.44 bits per heavy atom. The number of carbonyl (C=O) groups is 1. The molecule has 0 unspecified atom stereocenters. The summed E-state index contributed by atoms with van der Waals surface area (Å²) in [4.78, 5) is 16.2. The summed E-state index contributed by atoms with van der Waals surface area (Å²) in [5, 5.41) is 0.745. The average molecular weight is 263 g/mol. The number of nitrogens with zero attached hydrogens (tertiary/aromatic N) is 1. The van der Waals surface area contributed by atoms with E-state index in [1.165, 1.54) is 11.3 Å². The lowest BCUT2D eigenvalue weighted by molar-refractivity contribution is 0.0957. The van der Waals surface area contributed by atoms with Gasteiger partial charge in [0.15, 0.2) is 0 Å². The van der Waals surface area contributed by atoms with Crippen LogP contribution in [0, 0.1) is 6.92 Å². The highest BCUT2D eigenvalue weighted by Crippen LogP contribution is 2.19. The van der Waals surface area contributed by atoms with Gasteiger partial charge in [0.2, 0.25) is 0 Å². The van der Waals surface area contributed by atoms with Gasteiger partial charge in [-0.05, 0) is 19.1 Å². The Bertz CT molecular complexity index is 540. The largest absolute Gasteiger partial charge is 0.486 e. The first-order chi connectivity index (χ1) is 8.70. The molecule has 6 heteroatoms. The first kappa shape index (κ1) is 12.5. The van der Waals surface area contributed by atoms with Crippen molar-refractivity contribution in [3.63, 3.8) is 0 Å². The first-order valence-corrected chi connectivity index (χ1v) is 6.17. The van der Waals surface area contributed by atoms with Gasteiger partial charge >= 0.3 is 0 Å². The fourth-order valence-electron chi connectivity index (χ4n) is 1.45. The number of hydrogen-bond acceptors (Lipinski definition) is 5. The monoisotopic (exact) mass is 263 g/mol. The first-order valence-electron chi connectivity index (χ1n) is 5.36. The topological polar surface area (TPSA) is 77.2 Å². The van der Waals surface area contributed by atoms with Gasteiger partial charge in [0.25, 0.3) is 5.91 Å². The molecule has 0 aliphatic carbocycles. The van der Waals surface area contributed by atoms with Gasteiger partial charge in [-0.2, -0.15) is 0 Å². The number of thiazole rings is 1. The van der Waals surface area contributed by atoms with Gasteiger partial charge in [-0.25, -0.2) is 10.8 Å². The van der Waals surface area contributed by atoms with Crippen molar-refractivity contribution in [2.45, 2.75) is 13.5 Å². The highest BCUT2D eigenvalue weighted by atomic mass is 32.1. The second-order valence-corrected chi connectivity index (χ2v) is 4.68. The molecule has 3 N–H and O–H groups in total. The quantitative estimate of drug-likeness (QED) is 0.499. The van der Waals surface area contributed by atoms with Crippen LogP contribution in [0.5, 0.6) is 5.75 Å². The summed E-state index contributed by atoms with van der Waals surface area (Å²) in [6, 6.07) is 9.46. The van der Waals surface area contributed by atoms with E-state index in [1.54, 1.807) is 6.92 Å². The molecule has 0 bridgehead atoms. The lowest BCUT2D eigenvalue weighted by Gasteiger charge is -2.02. The summed E-state index contributed by atoms with van der Waals surface area (Å²) in [5.74, 6) is 5.55. The number of hydrogen-bond donors (Lipinski definition) is 2. The Kier molecular flexibility index (Phi) is 3.91. The van der Waals surface area contributed by atoms with E-state index in [1.807, 2.05) is 30.3 Å². The number of para-hydroxylation sites is 1. The molecular formula is C12H13N3O2S. The molecule has 0 saturated carbocycles. The Morgan fingerprint density at radius 2 is 2.17 bits per heavy atom. The molecule has 1 amide bonds. The third-order valence-electron chi connectivity index (χ3n) is 2.28. The molecule has 0 fully saturated rings. The van der Waals surface area contributed by atoms with Gasteiger partial charge in [-0.15, -0.1) is 11.3 Å². The number of aryl methyl sites for hydroxylation is 1. The number of hydrazine groups is 1. The lowest BCUT2D eigenvalue weighted by atomic mass is 10.3. The van der Waals surface area contributed by atoms with Crippen LogP contribution in [0.2, 0.25) is 0 Å². The zero-order valence-corrected chi connectivity index (χ0v) is 10.7. The van der Waals surface area contributed by atoms with Crippen LogP contribution in [-0.4, -0.2) is 10.9 Å². The molecule has 2 aromatic rings. The van der Waals surface area contributed by atoms with E-state index in [0.29, 0.717) is 17.2 Å². The van der Waals surface area contributed by atoms with Gasteiger partial charge in [-0.3, -0.25) is 10.2 Å². The maximum Gasteiger partial charge on any atom is 0.277 e. The zero-order valence-electron chi connectivity index (χ0n) is 9.84. The van der Waals surface area contributed by atoms with Crippen molar-refractivity contribution in [3.8, 4) is 5.75 Å². The minimum Gasteiger partial charge on any atom is -0.486 e. The number of benzene rings is 1. The highest BCUT2D eigenvalue weighted by molar-refractivity contribution is 7.13. The minimum absolute atomic E-state index is 0.323. The molecule has 5 nitrogen and oxygen atoms in total. The Hall–Kier alpha value is -1.92. The summed E-state index contributed by atoms with van der Waals surface area (Å²) in [5.41, 5.74) is 2.76. The summed E-state index contributed by atoms with van der Waals surface area (Å²) in [6.07, 6.45) is 0. The maximum atomic E-state index is 11.4. The van der Waals surface area contributed by atoms with Crippen molar-refractivity contribution < 1.29 is 9.53 Å². The maximum absolute atomic E-state index is 11.4. The van der Waals surface area contributed by atoms with E-state index in [4.69, 9.17) is 10.6 Å². The lowest BCUT2D eigenvalue weighted by Crippen LogP contribution is -2.29. The average Bonchev–Trinajstić information content (AvgIpc) is 2.78. The molecule has 0 spiro atoms. The zero-order chi connectivity index (χ0) is 13.0. The molecule has 1 aromatic carbocycles. The number of ether oxygens (including phenoxy) is 1. The Labute approximate surface area is 109 Å². The fourth-order valence-corrected chi connectivity index (χ4v) is 2.33. The van der Waals surface area contributed by atoms with E-state index in [-0.39, 0.29) is 5.91 Å². The summed E-state index contributed by atoms with van der Waals surface area (Å²) >= 11 is 1.28. The van der Waals surface area contributed by atoms with Crippen LogP contribution in [0.1, 0.15) is 20.4 Å². The van der Waals surface area contributed by atoms with E-state index < -0.39 is 0 Å². The number of nitrogens with two attached hydrogens (primary N) is 1. The molecule has 0 atom stereocenters. The van der Waals surface area contributed by atoms with E-state index in [9.17, 15) is 4.79 Å². The predicted octanol–water partition coefficient (Wildman–Crippen LogP) is 1.63. The predicted molar refractivity (Wildman–Crippen MR) is 69.3 cm³/mol. The van der Waals surface area contributed by atoms with Crippen LogP contribution >= 0.6 is 11.3 Å². The summed E-state index contributed by atoms with van der Waals surface area (Å²) in [6.45, 7) is 2.11. The molecule has 2 rings (SSSR count). The van der Waals surface area contributed by atoms with Crippen LogP contribution in [0.4, 0.5) is 0 Å². The Balaban J connectivity index is 2.05. The molecule has 94 valence electrons. The second-order valence-electron chi connectivity index (χ2n) is 3.60. The highest BCUT2D eigenvalue weighted by Gasteiger charge is 2.14. The van der Waals surface area contributed by atoms with Gasteiger partial charge in [0.1, 0.15) is 22.2 Å². The van der Waals surface area contributed by atoms with Crippen LogP contribution in [-0.2, 0) is 6.61 Å². The standard InChI is InChI=1S/C12H13N3O2S/c1-8-11(12(16)15-13)18-10(14-8)7-17-9-5-3-2-4-6-9/h2-6H,7,13H2,1H3,(H,15,16). The summed E-state index contributed by atoms with van der Waals surface area (Å²) < 4.78 is 5.56. The van der Waals surface area contributed by atoms with Crippen molar-refractivity contribution in [3.05, 3.63) is 45.9 Å². The molecule has 0 radical (unpaired) electrons. The third kappa shape index (κ3) is 2.85. The van der Waals surface area contributed by atoms with Gasteiger partial charge in [-0.1, -0.05) is 18.2 Å².